The van der Waals surface area contributed by atoms with E-state index in [-0.39, 0.29) is 23.7 Å². The first-order chi connectivity index (χ1) is 10.0. The average Bonchev–Trinajstić information content (AvgIpc) is 2.42. The largest absolute Gasteiger partial charge is 0.496 e. The maximum atomic E-state index is 11.5. The van der Waals surface area contributed by atoms with Crippen molar-refractivity contribution in [3.05, 3.63) is 28.3 Å². The van der Waals surface area contributed by atoms with E-state index in [2.05, 4.69) is 0 Å². The highest BCUT2D eigenvalue weighted by Crippen LogP contribution is 2.35. The van der Waals surface area contributed by atoms with Crippen molar-refractivity contribution in [2.24, 2.45) is 5.92 Å². The van der Waals surface area contributed by atoms with Crippen LogP contribution in [0.15, 0.2) is 18.2 Å². The molecule has 1 aromatic carbocycles. The summed E-state index contributed by atoms with van der Waals surface area (Å²) in [5.41, 5.74) is -0.0920. The maximum absolute atomic E-state index is 11.5. The number of non-ortho nitro benzene ring substituents is 1. The predicted octanol–water partition coefficient (Wildman–Crippen LogP) is 2.32. The van der Waals surface area contributed by atoms with Crippen molar-refractivity contribution in [1.82, 2.24) is 0 Å². The molecule has 1 aliphatic rings. The first-order valence-electron chi connectivity index (χ1n) is 6.70. The lowest BCUT2D eigenvalue weighted by molar-refractivity contribution is -0.385. The summed E-state index contributed by atoms with van der Waals surface area (Å²) in [6.45, 7) is 2.13. The molecule has 7 heteroatoms. The quantitative estimate of drug-likeness (QED) is 0.454. The maximum Gasteiger partial charge on any atom is 0.309 e. The molecule has 21 heavy (non-hydrogen) atoms. The lowest BCUT2D eigenvalue weighted by atomic mass is 9.82. The van der Waals surface area contributed by atoms with E-state index in [4.69, 9.17) is 14.2 Å². The first kappa shape index (κ1) is 15.1. The molecule has 0 amide bonds. The Labute approximate surface area is 122 Å². The van der Waals surface area contributed by atoms with Crippen LogP contribution in [0.5, 0.6) is 11.5 Å². The Balaban J connectivity index is 1.97. The smallest absolute Gasteiger partial charge is 0.309 e. The zero-order valence-electron chi connectivity index (χ0n) is 11.9. The highest BCUT2D eigenvalue weighted by atomic mass is 16.6. The molecule has 114 valence electrons. The number of nitro groups is 1. The number of benzene rings is 1. The SMILES string of the molecule is CCOC(=O)[C@H]1C[C@@H](Oc2cc(OC)cc([N+](=O)[O-])c2)C1. The Bertz CT molecular complexity index is 538. The number of carbonyl (C=O) groups is 1. The molecule has 1 fully saturated rings. The van der Waals surface area contributed by atoms with Gasteiger partial charge in [-0.05, 0) is 19.8 Å². The van der Waals surface area contributed by atoms with E-state index in [1.165, 1.54) is 19.2 Å². The summed E-state index contributed by atoms with van der Waals surface area (Å²) in [4.78, 5) is 21.8. The number of rotatable bonds is 6. The van der Waals surface area contributed by atoms with E-state index in [1.54, 1.807) is 13.0 Å². The summed E-state index contributed by atoms with van der Waals surface area (Å²) in [5, 5.41) is 10.8. The average molecular weight is 295 g/mol. The lowest BCUT2D eigenvalue weighted by Gasteiger charge is -2.33. The fraction of sp³-hybridized carbons (Fsp3) is 0.500. The standard InChI is InChI=1S/C14H17NO6/c1-3-20-14(16)9-4-12(5-9)21-13-7-10(15(17)18)6-11(8-13)19-2/h6-9,12H,3-5H2,1-2H3/t9-,12+. The Morgan fingerprint density at radius 1 is 1.33 bits per heavy atom. The van der Waals surface area contributed by atoms with Crippen LogP contribution in [0.25, 0.3) is 0 Å². The third kappa shape index (κ3) is 3.62. The van der Waals surface area contributed by atoms with Gasteiger partial charge in [-0.2, -0.15) is 0 Å². The van der Waals surface area contributed by atoms with E-state index in [9.17, 15) is 14.9 Å². The zero-order valence-corrected chi connectivity index (χ0v) is 11.9. The molecule has 0 aromatic heterocycles. The minimum absolute atomic E-state index is 0.0920. The van der Waals surface area contributed by atoms with Gasteiger partial charge in [-0.25, -0.2) is 0 Å². The molecular formula is C14H17NO6. The van der Waals surface area contributed by atoms with E-state index in [0.29, 0.717) is 30.9 Å². The van der Waals surface area contributed by atoms with Crippen molar-refractivity contribution in [3.63, 3.8) is 0 Å². The highest BCUT2D eigenvalue weighted by molar-refractivity contribution is 5.73. The number of carbonyl (C=O) groups excluding carboxylic acids is 1. The molecule has 0 heterocycles. The summed E-state index contributed by atoms with van der Waals surface area (Å²) >= 11 is 0. The number of nitrogens with zero attached hydrogens (tertiary/aromatic N) is 1. The van der Waals surface area contributed by atoms with Crippen LogP contribution in [0.3, 0.4) is 0 Å². The third-order valence-corrected chi connectivity index (χ3v) is 3.33. The lowest BCUT2D eigenvalue weighted by Crippen LogP contribution is -2.39. The normalized spacial score (nSPS) is 20.3. The van der Waals surface area contributed by atoms with Crippen LogP contribution < -0.4 is 9.47 Å². The van der Waals surface area contributed by atoms with Crippen LogP contribution in [0.2, 0.25) is 0 Å². The van der Waals surface area contributed by atoms with Crippen molar-refractivity contribution in [2.45, 2.75) is 25.9 Å². The Kier molecular flexibility index (Phi) is 4.62. The molecule has 1 aliphatic carbocycles. The summed E-state index contributed by atoms with van der Waals surface area (Å²) in [6, 6.07) is 4.26. The topological polar surface area (TPSA) is 87.9 Å². The molecule has 1 aromatic rings. The molecule has 0 radical (unpaired) electrons. The summed E-state index contributed by atoms with van der Waals surface area (Å²) in [5.74, 6) is 0.373. The van der Waals surface area contributed by atoms with Gasteiger partial charge in [-0.3, -0.25) is 14.9 Å². The van der Waals surface area contributed by atoms with Gasteiger partial charge in [0.15, 0.2) is 0 Å². The van der Waals surface area contributed by atoms with Gasteiger partial charge < -0.3 is 14.2 Å². The van der Waals surface area contributed by atoms with Gasteiger partial charge in [0, 0.05) is 6.07 Å². The molecule has 0 saturated heterocycles. The number of ether oxygens (including phenoxy) is 3. The van der Waals surface area contributed by atoms with Gasteiger partial charge in [-0.1, -0.05) is 0 Å². The van der Waals surface area contributed by atoms with Crippen molar-refractivity contribution in [1.29, 1.82) is 0 Å². The van der Waals surface area contributed by atoms with Gasteiger partial charge in [0.05, 0.1) is 36.7 Å². The minimum atomic E-state index is -0.502. The summed E-state index contributed by atoms with van der Waals surface area (Å²) in [7, 11) is 1.43. The first-order valence-corrected chi connectivity index (χ1v) is 6.70. The predicted molar refractivity (Wildman–Crippen MR) is 73.4 cm³/mol. The third-order valence-electron chi connectivity index (χ3n) is 3.33. The van der Waals surface area contributed by atoms with E-state index >= 15 is 0 Å². The summed E-state index contributed by atoms with van der Waals surface area (Å²) < 4.78 is 15.6. The zero-order chi connectivity index (χ0) is 15.4. The monoisotopic (exact) mass is 295 g/mol. The number of methoxy groups -OCH3 is 1. The van der Waals surface area contributed by atoms with E-state index in [0.717, 1.165) is 0 Å². The van der Waals surface area contributed by atoms with E-state index < -0.39 is 4.92 Å². The van der Waals surface area contributed by atoms with Crippen molar-refractivity contribution >= 4 is 11.7 Å². The molecule has 0 N–H and O–H groups in total. The second kappa shape index (κ2) is 6.43. The van der Waals surface area contributed by atoms with Crippen LogP contribution in [0.4, 0.5) is 5.69 Å². The fourth-order valence-corrected chi connectivity index (χ4v) is 2.15. The van der Waals surface area contributed by atoms with Gasteiger partial charge in [0.25, 0.3) is 5.69 Å². The second-order valence-electron chi connectivity index (χ2n) is 4.78. The minimum Gasteiger partial charge on any atom is -0.496 e. The van der Waals surface area contributed by atoms with Crippen molar-refractivity contribution < 1.29 is 23.9 Å². The molecule has 0 bridgehead atoms. The molecule has 0 aliphatic heterocycles. The molecule has 0 unspecified atom stereocenters. The van der Waals surface area contributed by atoms with Crippen LogP contribution >= 0.6 is 0 Å². The second-order valence-corrected chi connectivity index (χ2v) is 4.78. The number of nitro benzene ring substituents is 1. The Hall–Kier alpha value is -2.31. The van der Waals surface area contributed by atoms with Gasteiger partial charge in [-0.15, -0.1) is 0 Å². The van der Waals surface area contributed by atoms with Gasteiger partial charge >= 0.3 is 5.97 Å². The van der Waals surface area contributed by atoms with Crippen molar-refractivity contribution in [3.8, 4) is 11.5 Å². The number of hydrogen-bond donors (Lipinski definition) is 0. The number of hydrogen-bond acceptors (Lipinski definition) is 6. The summed E-state index contributed by atoms with van der Waals surface area (Å²) in [6.07, 6.45) is 0.986. The Morgan fingerprint density at radius 3 is 2.57 bits per heavy atom. The van der Waals surface area contributed by atoms with Crippen molar-refractivity contribution in [2.75, 3.05) is 13.7 Å². The van der Waals surface area contributed by atoms with Crippen LogP contribution in [0.1, 0.15) is 19.8 Å². The van der Waals surface area contributed by atoms with E-state index in [1.807, 2.05) is 0 Å². The van der Waals surface area contributed by atoms with Gasteiger partial charge in [0.2, 0.25) is 0 Å². The fourth-order valence-electron chi connectivity index (χ4n) is 2.15. The molecule has 1 saturated carbocycles. The Morgan fingerprint density at radius 2 is 2.00 bits per heavy atom. The van der Waals surface area contributed by atoms with Gasteiger partial charge in [0.1, 0.15) is 17.6 Å². The molecule has 2 rings (SSSR count). The van der Waals surface area contributed by atoms with Crippen LogP contribution in [0, 0.1) is 16.0 Å². The van der Waals surface area contributed by atoms with Crippen LogP contribution in [-0.4, -0.2) is 30.7 Å². The molecule has 7 nitrogen and oxygen atoms in total. The molecular weight excluding hydrogens is 278 g/mol. The highest BCUT2D eigenvalue weighted by Gasteiger charge is 2.37. The van der Waals surface area contributed by atoms with Crippen LogP contribution in [-0.2, 0) is 9.53 Å². The molecule has 0 spiro atoms. The molecule has 0 atom stereocenters. The number of esters is 1.